The van der Waals surface area contributed by atoms with Gasteiger partial charge in [0.1, 0.15) is 0 Å². The molecule has 5 heteroatoms. The first kappa shape index (κ1) is 13.1. The molecule has 0 bridgehead atoms. The van der Waals surface area contributed by atoms with Gasteiger partial charge >= 0.3 is 0 Å². The Bertz CT molecular complexity index is 399. The van der Waals surface area contributed by atoms with E-state index in [9.17, 15) is 4.79 Å². The van der Waals surface area contributed by atoms with E-state index in [2.05, 4.69) is 15.9 Å². The number of nitrogens with two attached hydrogens (primary N) is 1. The Balaban J connectivity index is 2.18. The summed E-state index contributed by atoms with van der Waals surface area (Å²) >= 11 is 4.98. The number of hydrogen-bond donors (Lipinski definition) is 1. The zero-order valence-electron chi connectivity index (χ0n) is 9.91. The average Bonchev–Trinajstić information content (AvgIpc) is 2.68. The van der Waals surface area contributed by atoms with Crippen LogP contribution in [0.1, 0.15) is 34.5 Å². The fourth-order valence-electron chi connectivity index (χ4n) is 2.22. The van der Waals surface area contributed by atoms with E-state index in [0.717, 1.165) is 33.6 Å². The predicted molar refractivity (Wildman–Crippen MR) is 74.5 cm³/mol. The minimum atomic E-state index is 0.138. The molecular formula is C12H17BrN2OS. The van der Waals surface area contributed by atoms with Gasteiger partial charge in [0, 0.05) is 19.1 Å². The number of aryl methyl sites for hydroxylation is 1. The third-order valence-electron chi connectivity index (χ3n) is 3.23. The zero-order chi connectivity index (χ0) is 12.4. The summed E-state index contributed by atoms with van der Waals surface area (Å²) in [5.41, 5.74) is 6.87. The number of rotatable bonds is 2. The highest BCUT2D eigenvalue weighted by molar-refractivity contribution is 9.11. The molecular weight excluding hydrogens is 300 g/mol. The molecule has 1 atom stereocenters. The van der Waals surface area contributed by atoms with E-state index in [-0.39, 0.29) is 11.9 Å². The monoisotopic (exact) mass is 316 g/mol. The van der Waals surface area contributed by atoms with Gasteiger partial charge in [0.25, 0.3) is 5.91 Å². The van der Waals surface area contributed by atoms with Gasteiger partial charge < -0.3 is 10.6 Å². The molecule has 2 heterocycles. The van der Waals surface area contributed by atoms with Gasteiger partial charge in [-0.2, -0.15) is 0 Å². The van der Waals surface area contributed by atoms with E-state index in [1.165, 1.54) is 17.8 Å². The van der Waals surface area contributed by atoms with Crippen LogP contribution in [0.4, 0.5) is 0 Å². The van der Waals surface area contributed by atoms with Gasteiger partial charge in [-0.1, -0.05) is 0 Å². The van der Waals surface area contributed by atoms with Crippen LogP contribution in [0.2, 0.25) is 0 Å². The number of thiophene rings is 1. The number of carbonyl (C=O) groups is 1. The smallest absolute Gasteiger partial charge is 0.264 e. The molecule has 1 fully saturated rings. The van der Waals surface area contributed by atoms with Crippen molar-refractivity contribution in [3.63, 3.8) is 0 Å². The molecule has 1 aromatic heterocycles. The average molecular weight is 317 g/mol. The van der Waals surface area contributed by atoms with Crippen LogP contribution in [0.15, 0.2) is 9.85 Å². The lowest BCUT2D eigenvalue weighted by Gasteiger charge is -2.34. The van der Waals surface area contributed by atoms with Gasteiger partial charge in [-0.25, -0.2) is 0 Å². The van der Waals surface area contributed by atoms with Crippen molar-refractivity contribution in [1.82, 2.24) is 4.90 Å². The molecule has 1 aliphatic rings. The van der Waals surface area contributed by atoms with Crippen LogP contribution in [0.5, 0.6) is 0 Å². The largest absolute Gasteiger partial charge is 0.334 e. The number of amides is 1. The molecule has 3 nitrogen and oxygen atoms in total. The van der Waals surface area contributed by atoms with Crippen LogP contribution in [0.3, 0.4) is 0 Å². The fraction of sp³-hybridized carbons (Fsp3) is 0.583. The van der Waals surface area contributed by atoms with E-state index >= 15 is 0 Å². The Hall–Kier alpha value is -0.390. The van der Waals surface area contributed by atoms with Crippen molar-refractivity contribution >= 4 is 33.2 Å². The Labute approximate surface area is 114 Å². The van der Waals surface area contributed by atoms with Crippen LogP contribution < -0.4 is 5.73 Å². The van der Waals surface area contributed by atoms with Crippen LogP contribution in [0.25, 0.3) is 0 Å². The van der Waals surface area contributed by atoms with Crippen molar-refractivity contribution < 1.29 is 4.79 Å². The summed E-state index contributed by atoms with van der Waals surface area (Å²) < 4.78 is 1.04. The number of halogens is 1. The van der Waals surface area contributed by atoms with E-state index in [1.807, 2.05) is 17.9 Å². The van der Waals surface area contributed by atoms with Gasteiger partial charge in [-0.3, -0.25) is 4.79 Å². The number of piperidine rings is 1. The highest BCUT2D eigenvalue weighted by Gasteiger charge is 2.27. The summed E-state index contributed by atoms with van der Waals surface area (Å²) in [6, 6.07) is 2.18. The van der Waals surface area contributed by atoms with E-state index in [1.54, 1.807) is 0 Å². The van der Waals surface area contributed by atoms with Crippen molar-refractivity contribution in [2.45, 2.75) is 32.2 Å². The molecule has 1 amide bonds. The Morgan fingerprint density at radius 1 is 1.65 bits per heavy atom. The first-order valence-electron chi connectivity index (χ1n) is 5.90. The van der Waals surface area contributed by atoms with E-state index in [4.69, 9.17) is 5.73 Å². The molecule has 2 N–H and O–H groups in total. The highest BCUT2D eigenvalue weighted by Crippen LogP contribution is 2.29. The molecule has 1 aromatic rings. The second kappa shape index (κ2) is 5.50. The number of nitrogens with zero attached hydrogens (tertiary/aromatic N) is 1. The normalized spacial score (nSPS) is 20.6. The summed E-state index contributed by atoms with van der Waals surface area (Å²) in [7, 11) is 0. The van der Waals surface area contributed by atoms with Gasteiger partial charge in [0.2, 0.25) is 0 Å². The summed E-state index contributed by atoms with van der Waals surface area (Å²) in [5.74, 6) is 0.138. The number of carbonyl (C=O) groups excluding carboxylic acids is 1. The molecule has 0 spiro atoms. The predicted octanol–water partition coefficient (Wildman–Crippen LogP) is 2.77. The summed E-state index contributed by atoms with van der Waals surface area (Å²) in [6.45, 7) is 3.42. The number of likely N-dealkylation sites (tertiary alicyclic amines) is 1. The summed E-state index contributed by atoms with van der Waals surface area (Å²) in [6.07, 6.45) is 3.31. The lowest BCUT2D eigenvalue weighted by Crippen LogP contribution is -2.47. The van der Waals surface area contributed by atoms with Crippen LogP contribution in [0, 0.1) is 6.92 Å². The topological polar surface area (TPSA) is 46.3 Å². The standard InChI is InChI=1S/C12H17BrN2OS/c1-8-6-10(17-11(8)13)12(16)15-5-3-2-4-9(15)7-14/h6,9H,2-5,7,14H2,1H3. The van der Waals surface area contributed by atoms with Gasteiger partial charge in [0.15, 0.2) is 0 Å². The second-order valence-electron chi connectivity index (χ2n) is 4.45. The maximum absolute atomic E-state index is 12.4. The summed E-state index contributed by atoms with van der Waals surface area (Å²) in [4.78, 5) is 15.2. The van der Waals surface area contributed by atoms with Crippen LogP contribution >= 0.6 is 27.3 Å². The van der Waals surface area contributed by atoms with E-state index < -0.39 is 0 Å². The molecule has 0 aliphatic carbocycles. The molecule has 1 unspecified atom stereocenters. The molecule has 1 aliphatic heterocycles. The van der Waals surface area contributed by atoms with Gasteiger partial charge in [-0.15, -0.1) is 11.3 Å². The minimum absolute atomic E-state index is 0.138. The molecule has 0 aromatic carbocycles. The Morgan fingerprint density at radius 2 is 2.41 bits per heavy atom. The fourth-order valence-corrected chi connectivity index (χ4v) is 3.71. The van der Waals surface area contributed by atoms with Crippen LogP contribution in [-0.4, -0.2) is 29.9 Å². The second-order valence-corrected chi connectivity index (χ2v) is 6.82. The molecule has 1 saturated heterocycles. The third kappa shape index (κ3) is 2.72. The van der Waals surface area contributed by atoms with Crippen molar-refractivity contribution in [2.24, 2.45) is 5.73 Å². The molecule has 94 valence electrons. The molecule has 0 saturated carbocycles. The van der Waals surface area contributed by atoms with E-state index in [0.29, 0.717) is 6.54 Å². The first-order chi connectivity index (χ1) is 8.13. The SMILES string of the molecule is Cc1cc(C(=O)N2CCCCC2CN)sc1Br. The number of hydrogen-bond acceptors (Lipinski definition) is 3. The lowest BCUT2D eigenvalue weighted by atomic mass is 10.0. The third-order valence-corrected chi connectivity index (χ3v) is 5.35. The van der Waals surface area contributed by atoms with Crippen molar-refractivity contribution in [3.8, 4) is 0 Å². The minimum Gasteiger partial charge on any atom is -0.334 e. The molecule has 17 heavy (non-hydrogen) atoms. The van der Waals surface area contributed by atoms with Crippen LogP contribution in [-0.2, 0) is 0 Å². The van der Waals surface area contributed by atoms with Crippen molar-refractivity contribution in [3.05, 3.63) is 20.3 Å². The highest BCUT2D eigenvalue weighted by atomic mass is 79.9. The Morgan fingerprint density at radius 3 is 3.00 bits per heavy atom. The van der Waals surface area contributed by atoms with Crippen molar-refractivity contribution in [2.75, 3.05) is 13.1 Å². The zero-order valence-corrected chi connectivity index (χ0v) is 12.3. The quantitative estimate of drug-likeness (QED) is 0.912. The van der Waals surface area contributed by atoms with Gasteiger partial charge in [0.05, 0.1) is 8.66 Å². The van der Waals surface area contributed by atoms with Crippen molar-refractivity contribution in [1.29, 1.82) is 0 Å². The lowest BCUT2D eigenvalue weighted by molar-refractivity contribution is 0.0628. The first-order valence-corrected chi connectivity index (χ1v) is 7.51. The van der Waals surface area contributed by atoms with Gasteiger partial charge in [-0.05, 0) is 53.7 Å². The maximum atomic E-state index is 12.4. The summed E-state index contributed by atoms with van der Waals surface area (Å²) in [5, 5.41) is 0. The molecule has 0 radical (unpaired) electrons. The Kier molecular flexibility index (Phi) is 4.22. The molecule has 2 rings (SSSR count). The maximum Gasteiger partial charge on any atom is 0.264 e.